The molecule has 1 fully saturated rings. The Labute approximate surface area is 136 Å². The van der Waals surface area contributed by atoms with E-state index in [1.807, 2.05) is 0 Å². The van der Waals surface area contributed by atoms with Gasteiger partial charge < -0.3 is 20.2 Å². The molecule has 1 aliphatic heterocycles. The van der Waals surface area contributed by atoms with Crippen LogP contribution in [-0.2, 0) is 6.54 Å². The van der Waals surface area contributed by atoms with Crippen LogP contribution in [0.5, 0.6) is 0 Å². The Morgan fingerprint density at radius 2 is 2.19 bits per heavy atom. The van der Waals surface area contributed by atoms with Crippen LogP contribution in [0.1, 0.15) is 18.9 Å². The van der Waals surface area contributed by atoms with E-state index in [1.165, 1.54) is 11.3 Å². The van der Waals surface area contributed by atoms with Gasteiger partial charge >= 0.3 is 0 Å². The minimum absolute atomic E-state index is 0.233. The van der Waals surface area contributed by atoms with Crippen molar-refractivity contribution in [2.45, 2.75) is 32.0 Å². The highest BCUT2D eigenvalue weighted by Gasteiger charge is 2.32. The molecule has 2 rings (SSSR count). The van der Waals surface area contributed by atoms with Gasteiger partial charge in [-0.3, -0.25) is 0 Å². The number of benzene rings is 1. The highest BCUT2D eigenvalue weighted by Crippen LogP contribution is 2.33. The monoisotopic (exact) mass is 355 g/mol. The van der Waals surface area contributed by atoms with Gasteiger partial charge in [-0.1, -0.05) is 13.0 Å². The Kier molecular flexibility index (Phi) is 6.05. The summed E-state index contributed by atoms with van der Waals surface area (Å²) in [7, 11) is 4.16. The van der Waals surface area contributed by atoms with Gasteiger partial charge in [0, 0.05) is 30.1 Å². The van der Waals surface area contributed by atoms with Crippen LogP contribution in [0.3, 0.4) is 0 Å². The fraction of sp³-hybridized carbons (Fsp3) is 0.625. The number of likely N-dealkylation sites (N-methyl/N-ethyl adjacent to an activating group) is 1. The summed E-state index contributed by atoms with van der Waals surface area (Å²) in [6, 6.07) is 6.87. The third kappa shape index (κ3) is 4.42. The number of halogens is 1. The minimum atomic E-state index is -0.233. The highest BCUT2D eigenvalue weighted by molar-refractivity contribution is 9.10. The van der Waals surface area contributed by atoms with Gasteiger partial charge in [-0.15, -0.1) is 0 Å². The molecule has 118 valence electrons. The number of β-amino-alcohol motifs (C(OH)–C–C–N with tert-alkyl or cyclic N) is 1. The van der Waals surface area contributed by atoms with Gasteiger partial charge in [0.15, 0.2) is 0 Å². The predicted octanol–water partition coefficient (Wildman–Crippen LogP) is 2.06. The predicted molar refractivity (Wildman–Crippen MR) is 91.8 cm³/mol. The molecule has 0 aromatic heterocycles. The van der Waals surface area contributed by atoms with Crippen molar-refractivity contribution in [2.75, 3.05) is 38.6 Å². The Balaban J connectivity index is 2.15. The van der Waals surface area contributed by atoms with E-state index in [0.717, 1.165) is 30.5 Å². The van der Waals surface area contributed by atoms with Crippen molar-refractivity contribution in [3.63, 3.8) is 0 Å². The van der Waals surface area contributed by atoms with Crippen LogP contribution in [0.4, 0.5) is 5.69 Å². The summed E-state index contributed by atoms with van der Waals surface area (Å²) < 4.78 is 1.11. The first-order valence-electron chi connectivity index (χ1n) is 7.59. The molecule has 1 aromatic rings. The van der Waals surface area contributed by atoms with Crippen LogP contribution >= 0.6 is 15.9 Å². The van der Waals surface area contributed by atoms with E-state index in [0.29, 0.717) is 12.6 Å². The molecule has 5 heteroatoms. The second-order valence-corrected chi connectivity index (χ2v) is 6.88. The maximum absolute atomic E-state index is 10.0. The number of anilines is 1. The third-order valence-corrected chi connectivity index (χ3v) is 4.50. The Bertz CT molecular complexity index is 467. The Hall–Kier alpha value is -0.620. The van der Waals surface area contributed by atoms with Crippen molar-refractivity contribution >= 4 is 21.6 Å². The van der Waals surface area contributed by atoms with E-state index < -0.39 is 0 Å². The Morgan fingerprint density at radius 1 is 1.43 bits per heavy atom. The lowest BCUT2D eigenvalue weighted by Gasteiger charge is -2.29. The first-order valence-corrected chi connectivity index (χ1v) is 8.39. The molecular formula is C16H26BrN3O. The molecule has 4 nitrogen and oxygen atoms in total. The number of rotatable bonds is 6. The molecule has 0 radical (unpaired) electrons. The molecule has 0 bridgehead atoms. The third-order valence-electron chi connectivity index (χ3n) is 3.87. The smallest absolute Gasteiger partial charge is 0.0735 e. The summed E-state index contributed by atoms with van der Waals surface area (Å²) in [4.78, 5) is 4.51. The van der Waals surface area contributed by atoms with Gasteiger partial charge in [-0.05, 0) is 60.7 Å². The van der Waals surface area contributed by atoms with Gasteiger partial charge in [0.2, 0.25) is 0 Å². The largest absolute Gasteiger partial charge is 0.391 e. The molecule has 0 spiro atoms. The molecule has 1 aliphatic rings. The lowest BCUT2D eigenvalue weighted by atomic mass is 10.1. The second-order valence-electron chi connectivity index (χ2n) is 6.02. The summed E-state index contributed by atoms with van der Waals surface area (Å²) in [5.74, 6) is 0. The van der Waals surface area contributed by atoms with E-state index in [4.69, 9.17) is 0 Å². The molecule has 1 saturated heterocycles. The first-order chi connectivity index (χ1) is 10.0. The van der Waals surface area contributed by atoms with Gasteiger partial charge in [0.1, 0.15) is 0 Å². The molecule has 1 heterocycles. The second kappa shape index (κ2) is 7.58. The van der Waals surface area contributed by atoms with E-state index >= 15 is 0 Å². The average molecular weight is 356 g/mol. The zero-order valence-electron chi connectivity index (χ0n) is 13.1. The molecule has 2 N–H and O–H groups in total. The first kappa shape index (κ1) is 16.7. The zero-order chi connectivity index (χ0) is 15.4. The minimum Gasteiger partial charge on any atom is -0.391 e. The van der Waals surface area contributed by atoms with Crippen LogP contribution in [-0.4, -0.2) is 55.9 Å². The number of hydrogen-bond acceptors (Lipinski definition) is 4. The number of aliphatic hydroxyl groups excluding tert-OH is 1. The topological polar surface area (TPSA) is 38.7 Å². The van der Waals surface area contributed by atoms with E-state index in [1.54, 1.807) is 0 Å². The number of aliphatic hydroxyl groups is 1. The summed E-state index contributed by atoms with van der Waals surface area (Å²) in [5.41, 5.74) is 2.45. The van der Waals surface area contributed by atoms with Gasteiger partial charge in [0.05, 0.1) is 11.8 Å². The zero-order valence-corrected chi connectivity index (χ0v) is 14.7. The fourth-order valence-electron chi connectivity index (χ4n) is 2.94. The standard InChI is InChI=1S/C16H26BrN3O/c1-4-18-9-12-5-6-16(15(17)7-12)20-11-14(21)8-13(20)10-19(2)3/h5-7,13-14,18,21H,4,8-11H2,1-3H3. The van der Waals surface area contributed by atoms with Crippen molar-refractivity contribution in [3.8, 4) is 0 Å². The number of nitrogens with one attached hydrogen (secondary N) is 1. The molecule has 0 aliphatic carbocycles. The van der Waals surface area contributed by atoms with Crippen LogP contribution < -0.4 is 10.2 Å². The summed E-state index contributed by atoms with van der Waals surface area (Å²) in [6.45, 7) is 5.65. The molecule has 1 aromatic carbocycles. The van der Waals surface area contributed by atoms with Gasteiger partial charge in [-0.25, -0.2) is 0 Å². The highest BCUT2D eigenvalue weighted by atomic mass is 79.9. The summed E-state index contributed by atoms with van der Waals surface area (Å²) in [6.07, 6.45) is 0.604. The lowest BCUT2D eigenvalue weighted by Crippen LogP contribution is -2.37. The quantitative estimate of drug-likeness (QED) is 0.819. The maximum Gasteiger partial charge on any atom is 0.0735 e. The van der Waals surface area contributed by atoms with E-state index in [9.17, 15) is 5.11 Å². The SMILES string of the molecule is CCNCc1ccc(N2CC(O)CC2CN(C)C)c(Br)c1. The van der Waals surface area contributed by atoms with Crippen LogP contribution in [0.25, 0.3) is 0 Å². The molecule has 0 amide bonds. The molecule has 2 atom stereocenters. The number of nitrogens with zero attached hydrogens (tertiary/aromatic N) is 2. The fourth-order valence-corrected chi connectivity index (χ4v) is 3.60. The molecular weight excluding hydrogens is 330 g/mol. The molecule has 21 heavy (non-hydrogen) atoms. The van der Waals surface area contributed by atoms with E-state index in [2.05, 4.69) is 70.3 Å². The number of hydrogen-bond donors (Lipinski definition) is 2. The lowest BCUT2D eigenvalue weighted by molar-refractivity contribution is 0.191. The van der Waals surface area contributed by atoms with Crippen molar-refractivity contribution in [2.24, 2.45) is 0 Å². The van der Waals surface area contributed by atoms with Crippen LogP contribution in [0.2, 0.25) is 0 Å². The van der Waals surface area contributed by atoms with Crippen molar-refractivity contribution in [1.29, 1.82) is 0 Å². The van der Waals surface area contributed by atoms with Gasteiger partial charge in [0.25, 0.3) is 0 Å². The van der Waals surface area contributed by atoms with Crippen LogP contribution in [0.15, 0.2) is 22.7 Å². The average Bonchev–Trinajstić information content (AvgIpc) is 2.76. The van der Waals surface area contributed by atoms with Crippen LogP contribution in [0, 0.1) is 0 Å². The molecule has 0 saturated carbocycles. The summed E-state index contributed by atoms with van der Waals surface area (Å²) >= 11 is 3.70. The maximum atomic E-state index is 10.0. The van der Waals surface area contributed by atoms with Crippen molar-refractivity contribution in [1.82, 2.24) is 10.2 Å². The van der Waals surface area contributed by atoms with Crippen molar-refractivity contribution in [3.05, 3.63) is 28.2 Å². The summed E-state index contributed by atoms with van der Waals surface area (Å²) in [5, 5.41) is 13.4. The Morgan fingerprint density at radius 3 is 2.81 bits per heavy atom. The molecule has 2 unspecified atom stereocenters. The van der Waals surface area contributed by atoms with Crippen molar-refractivity contribution < 1.29 is 5.11 Å². The van der Waals surface area contributed by atoms with E-state index in [-0.39, 0.29) is 6.10 Å². The normalized spacial score (nSPS) is 22.3. The van der Waals surface area contributed by atoms with Gasteiger partial charge in [-0.2, -0.15) is 0 Å².